The monoisotopic (exact) mass is 542 g/mol. The maximum Gasteiger partial charge on any atom is 0.414 e. The third kappa shape index (κ3) is 4.56. The Labute approximate surface area is 212 Å². The van der Waals surface area contributed by atoms with Crippen LogP contribution in [0.3, 0.4) is 0 Å². The summed E-state index contributed by atoms with van der Waals surface area (Å²) in [5, 5.41) is 3.98. The number of sulfonamides is 1. The van der Waals surface area contributed by atoms with Gasteiger partial charge in [0.1, 0.15) is 0 Å². The normalized spacial score (nSPS) is 27.4. The van der Waals surface area contributed by atoms with Crippen LogP contribution in [0.2, 0.25) is 5.02 Å². The Balaban J connectivity index is 1.26. The number of amides is 1. The van der Waals surface area contributed by atoms with Gasteiger partial charge in [-0.3, -0.25) is 9.78 Å². The van der Waals surface area contributed by atoms with Crippen LogP contribution in [0.1, 0.15) is 42.1 Å². The van der Waals surface area contributed by atoms with E-state index in [1.165, 1.54) is 17.8 Å². The van der Waals surface area contributed by atoms with Crippen molar-refractivity contribution in [2.24, 2.45) is 5.41 Å². The SMILES string of the molecule is CN(C(=O)C12CC(NS(C)(=O)=O)(C1)C2)[C@@H](c1ccc(N[C@H]2Cc3ccc(Cl)cc3C2)cn1)C(F)(F)F. The summed E-state index contributed by atoms with van der Waals surface area (Å²) >= 11 is 6.06. The Morgan fingerprint density at radius 1 is 1.17 bits per heavy atom. The highest BCUT2D eigenvalue weighted by atomic mass is 35.5. The molecular formula is C24H26ClF3N4O3S. The molecule has 4 aliphatic carbocycles. The van der Waals surface area contributed by atoms with Crippen molar-refractivity contribution in [2.45, 2.75) is 55.9 Å². The average Bonchev–Trinajstić information content (AvgIpc) is 3.10. The molecule has 2 atom stereocenters. The Kier molecular flexibility index (Phi) is 5.85. The second-order valence-corrected chi connectivity index (χ2v) is 12.6. The zero-order valence-corrected chi connectivity index (χ0v) is 21.3. The predicted octanol–water partition coefficient (Wildman–Crippen LogP) is 3.85. The molecule has 36 heavy (non-hydrogen) atoms. The molecule has 6 rings (SSSR count). The Hall–Kier alpha value is -2.37. The van der Waals surface area contributed by atoms with Crippen molar-refractivity contribution in [2.75, 3.05) is 18.6 Å². The molecule has 0 spiro atoms. The van der Waals surface area contributed by atoms with E-state index in [1.807, 2.05) is 18.2 Å². The number of rotatable bonds is 7. The molecule has 1 amide bonds. The molecule has 0 radical (unpaired) electrons. The molecule has 12 heteroatoms. The molecular weight excluding hydrogens is 517 g/mol. The van der Waals surface area contributed by atoms with Gasteiger partial charge in [-0.1, -0.05) is 17.7 Å². The van der Waals surface area contributed by atoms with Gasteiger partial charge in [-0.05, 0) is 67.5 Å². The molecule has 3 saturated carbocycles. The molecule has 0 aliphatic heterocycles. The fraction of sp³-hybridized carbons (Fsp3) is 0.500. The van der Waals surface area contributed by atoms with E-state index in [0.717, 1.165) is 31.7 Å². The number of nitrogens with one attached hydrogen (secondary N) is 2. The summed E-state index contributed by atoms with van der Waals surface area (Å²) in [5.74, 6) is -0.645. The van der Waals surface area contributed by atoms with Gasteiger partial charge >= 0.3 is 6.18 Å². The Bertz CT molecular complexity index is 1300. The predicted molar refractivity (Wildman–Crippen MR) is 129 cm³/mol. The minimum absolute atomic E-state index is 0.0749. The number of carbonyl (C=O) groups is 1. The lowest BCUT2D eigenvalue weighted by Gasteiger charge is -2.69. The first-order valence-electron chi connectivity index (χ1n) is 11.5. The number of alkyl halides is 3. The summed E-state index contributed by atoms with van der Waals surface area (Å²) in [6.45, 7) is 0. The molecule has 194 valence electrons. The van der Waals surface area contributed by atoms with Crippen LogP contribution in [0.15, 0.2) is 36.5 Å². The molecule has 4 aliphatic rings. The van der Waals surface area contributed by atoms with Crippen molar-refractivity contribution in [1.29, 1.82) is 0 Å². The summed E-state index contributed by atoms with van der Waals surface area (Å²) in [6, 6.07) is 6.44. The van der Waals surface area contributed by atoms with Crippen molar-refractivity contribution >= 4 is 33.2 Å². The molecule has 3 fully saturated rings. The summed E-state index contributed by atoms with van der Waals surface area (Å²) in [6.07, 6.45) is -0.227. The minimum Gasteiger partial charge on any atom is -0.380 e. The van der Waals surface area contributed by atoms with Crippen molar-refractivity contribution in [1.82, 2.24) is 14.6 Å². The van der Waals surface area contributed by atoms with Gasteiger partial charge in [-0.15, -0.1) is 0 Å². The summed E-state index contributed by atoms with van der Waals surface area (Å²) in [5.41, 5.74) is 0.962. The first-order valence-corrected chi connectivity index (χ1v) is 13.8. The highest BCUT2D eigenvalue weighted by Crippen LogP contribution is 2.68. The second-order valence-electron chi connectivity index (χ2n) is 10.5. The number of hydrogen-bond acceptors (Lipinski definition) is 5. The number of halogens is 4. The molecule has 1 heterocycles. The molecule has 2 aromatic rings. The van der Waals surface area contributed by atoms with E-state index in [-0.39, 0.29) is 31.0 Å². The number of anilines is 1. The average molecular weight is 543 g/mol. The molecule has 7 nitrogen and oxygen atoms in total. The van der Waals surface area contributed by atoms with Crippen LogP contribution in [0.4, 0.5) is 18.9 Å². The van der Waals surface area contributed by atoms with Crippen LogP contribution in [-0.2, 0) is 27.7 Å². The lowest BCUT2D eigenvalue weighted by atomic mass is 9.39. The van der Waals surface area contributed by atoms with Crippen LogP contribution in [-0.4, -0.2) is 55.3 Å². The summed E-state index contributed by atoms with van der Waals surface area (Å²) in [7, 11) is -2.34. The van der Waals surface area contributed by atoms with Gasteiger partial charge < -0.3 is 10.2 Å². The van der Waals surface area contributed by atoms with E-state index >= 15 is 0 Å². The van der Waals surface area contributed by atoms with Crippen molar-refractivity contribution in [3.63, 3.8) is 0 Å². The number of fused-ring (bicyclic) bond motifs is 1. The van der Waals surface area contributed by atoms with Crippen LogP contribution in [0.25, 0.3) is 0 Å². The summed E-state index contributed by atoms with van der Waals surface area (Å²) in [4.78, 5) is 17.9. The van der Waals surface area contributed by atoms with Gasteiger partial charge in [0, 0.05) is 23.7 Å². The number of carbonyl (C=O) groups excluding carboxylic acids is 1. The lowest BCUT2D eigenvalue weighted by Crippen LogP contribution is -2.78. The van der Waals surface area contributed by atoms with Gasteiger partial charge in [-0.25, -0.2) is 13.1 Å². The van der Waals surface area contributed by atoms with Gasteiger partial charge in [-0.2, -0.15) is 13.2 Å². The van der Waals surface area contributed by atoms with Gasteiger partial charge in [0.15, 0.2) is 6.04 Å². The molecule has 1 aromatic carbocycles. The molecule has 2 N–H and O–H groups in total. The fourth-order valence-corrected chi connectivity index (χ4v) is 7.37. The zero-order valence-electron chi connectivity index (χ0n) is 19.7. The number of aromatic nitrogens is 1. The van der Waals surface area contributed by atoms with E-state index < -0.39 is 39.1 Å². The second kappa shape index (κ2) is 8.32. The Morgan fingerprint density at radius 3 is 2.42 bits per heavy atom. The van der Waals surface area contributed by atoms with Crippen LogP contribution in [0.5, 0.6) is 0 Å². The third-order valence-electron chi connectivity index (χ3n) is 7.44. The quantitative estimate of drug-likeness (QED) is 0.554. The standard InChI is InChI=1S/C24H26ClF3N4O3S/c1-32(21(33)22-11-23(12-22,13-22)31-36(2,34)35)20(24(26,27)28)19-6-5-17(10-29-19)30-18-8-14-3-4-16(25)7-15(14)9-18/h3-7,10,18,20,30-31H,8-9,11-13H2,1-2H3/t18-,20-,22?,23?/m0/s1. The zero-order chi connectivity index (χ0) is 26.1. The topological polar surface area (TPSA) is 91.4 Å². The lowest BCUT2D eigenvalue weighted by molar-refractivity contribution is -0.213. The largest absolute Gasteiger partial charge is 0.414 e. The van der Waals surface area contributed by atoms with Crippen LogP contribution in [0, 0.1) is 5.41 Å². The minimum atomic E-state index is -4.73. The molecule has 0 saturated heterocycles. The highest BCUT2D eigenvalue weighted by Gasteiger charge is 2.73. The van der Waals surface area contributed by atoms with Gasteiger partial charge in [0.05, 0.1) is 29.2 Å². The fourth-order valence-electron chi connectivity index (χ4n) is 6.17. The van der Waals surface area contributed by atoms with Crippen molar-refractivity contribution in [3.05, 3.63) is 58.4 Å². The maximum atomic E-state index is 14.1. The Morgan fingerprint density at radius 2 is 1.83 bits per heavy atom. The first-order chi connectivity index (χ1) is 16.7. The highest BCUT2D eigenvalue weighted by molar-refractivity contribution is 7.88. The van der Waals surface area contributed by atoms with E-state index in [1.54, 1.807) is 6.07 Å². The van der Waals surface area contributed by atoms with Crippen LogP contribution >= 0.6 is 11.6 Å². The third-order valence-corrected chi connectivity index (χ3v) is 8.48. The van der Waals surface area contributed by atoms with Crippen molar-refractivity contribution in [3.8, 4) is 0 Å². The first kappa shape index (κ1) is 25.3. The number of benzene rings is 1. The van der Waals surface area contributed by atoms with Gasteiger partial charge in [0.2, 0.25) is 15.9 Å². The van der Waals surface area contributed by atoms with Crippen LogP contribution < -0.4 is 10.0 Å². The smallest absolute Gasteiger partial charge is 0.380 e. The van der Waals surface area contributed by atoms with Crippen molar-refractivity contribution < 1.29 is 26.4 Å². The molecule has 0 unspecified atom stereocenters. The van der Waals surface area contributed by atoms with E-state index in [2.05, 4.69) is 15.0 Å². The maximum absolute atomic E-state index is 14.1. The number of hydrogen-bond donors (Lipinski definition) is 2. The number of nitrogens with zero attached hydrogens (tertiary/aromatic N) is 2. The molecule has 1 aromatic heterocycles. The van der Waals surface area contributed by atoms with E-state index in [4.69, 9.17) is 11.6 Å². The molecule has 2 bridgehead atoms. The van der Waals surface area contributed by atoms with E-state index in [9.17, 15) is 26.4 Å². The van der Waals surface area contributed by atoms with Gasteiger partial charge in [0.25, 0.3) is 0 Å². The number of pyridine rings is 1. The summed E-state index contributed by atoms with van der Waals surface area (Å²) < 4.78 is 67.9. The van der Waals surface area contributed by atoms with E-state index in [0.29, 0.717) is 15.6 Å².